The molecule has 0 spiro atoms. The molecule has 0 aromatic carbocycles. The molecule has 76 valence electrons. The second kappa shape index (κ2) is 17.2. The first kappa shape index (κ1) is 14.5. The predicted molar refractivity (Wildman–Crippen MR) is 59.6 cm³/mol. The lowest BCUT2D eigenvalue weighted by molar-refractivity contribution is 0.772. The van der Waals surface area contributed by atoms with Crippen LogP contribution in [-0.4, -0.2) is 0 Å². The van der Waals surface area contributed by atoms with E-state index in [-0.39, 0.29) is 0 Å². The molecule has 0 atom stereocenters. The topological polar surface area (TPSA) is 0 Å². The molecule has 0 bridgehead atoms. The summed E-state index contributed by atoms with van der Waals surface area (Å²) < 4.78 is 0. The van der Waals surface area contributed by atoms with E-state index in [1.807, 2.05) is 13.8 Å². The predicted octanol–water partition coefficient (Wildman–Crippen LogP) is 5.17. The minimum atomic E-state index is 1.34. The molecule has 0 saturated heterocycles. The standard InChI is InChI=1S/C5H10.C5H12.C2H6/c1-2-4-5-3-1;1-3-5-4-2;1-2/h1-5H2;3-5H2,1-2H3;1-2H3. The average molecular weight is 172 g/mol. The second-order valence-electron chi connectivity index (χ2n) is 3.12. The first-order valence-electron chi connectivity index (χ1n) is 5.91. The van der Waals surface area contributed by atoms with Gasteiger partial charge in [0.15, 0.2) is 0 Å². The molecular formula is C12H28. The molecule has 1 aliphatic rings. The molecule has 0 aromatic rings. The third kappa shape index (κ3) is 16.5. The molecule has 0 radical (unpaired) electrons. The van der Waals surface area contributed by atoms with Crippen molar-refractivity contribution in [2.24, 2.45) is 0 Å². The Morgan fingerprint density at radius 2 is 0.917 bits per heavy atom. The van der Waals surface area contributed by atoms with Crippen molar-refractivity contribution >= 4 is 0 Å². The van der Waals surface area contributed by atoms with E-state index in [0.717, 1.165) is 0 Å². The summed E-state index contributed by atoms with van der Waals surface area (Å²) in [5, 5.41) is 0. The van der Waals surface area contributed by atoms with Gasteiger partial charge in [0, 0.05) is 0 Å². The van der Waals surface area contributed by atoms with Crippen LogP contribution in [0.2, 0.25) is 0 Å². The lowest BCUT2D eigenvalue weighted by atomic mass is 10.3. The van der Waals surface area contributed by atoms with Crippen LogP contribution in [0, 0.1) is 0 Å². The summed E-state index contributed by atoms with van der Waals surface area (Å²) in [4.78, 5) is 0. The first-order chi connectivity index (χ1) is 5.91. The van der Waals surface area contributed by atoms with Crippen LogP contribution in [0.3, 0.4) is 0 Å². The number of unbranched alkanes of at least 4 members (excludes halogenated alkanes) is 2. The van der Waals surface area contributed by atoms with Crippen LogP contribution in [0.5, 0.6) is 0 Å². The third-order valence-electron chi connectivity index (χ3n) is 1.96. The van der Waals surface area contributed by atoms with Crippen molar-refractivity contribution in [1.29, 1.82) is 0 Å². The van der Waals surface area contributed by atoms with E-state index in [1.54, 1.807) is 0 Å². The molecule has 1 aliphatic carbocycles. The van der Waals surface area contributed by atoms with Crippen LogP contribution in [0.15, 0.2) is 0 Å². The van der Waals surface area contributed by atoms with Crippen molar-refractivity contribution in [2.45, 2.75) is 79.1 Å². The van der Waals surface area contributed by atoms with E-state index < -0.39 is 0 Å². The molecular weight excluding hydrogens is 144 g/mol. The lowest BCUT2D eigenvalue weighted by Crippen LogP contribution is -1.59. The van der Waals surface area contributed by atoms with Crippen LogP contribution in [0.25, 0.3) is 0 Å². The van der Waals surface area contributed by atoms with E-state index in [4.69, 9.17) is 0 Å². The van der Waals surface area contributed by atoms with Crippen LogP contribution in [0.1, 0.15) is 79.1 Å². The van der Waals surface area contributed by atoms with Gasteiger partial charge in [-0.2, -0.15) is 0 Å². The fraction of sp³-hybridized carbons (Fsp3) is 1.00. The Hall–Kier alpha value is 0. The van der Waals surface area contributed by atoms with Gasteiger partial charge in [-0.1, -0.05) is 79.1 Å². The van der Waals surface area contributed by atoms with E-state index >= 15 is 0 Å². The van der Waals surface area contributed by atoms with E-state index in [0.29, 0.717) is 0 Å². The third-order valence-corrected chi connectivity index (χ3v) is 1.96. The van der Waals surface area contributed by atoms with Crippen molar-refractivity contribution in [1.82, 2.24) is 0 Å². The van der Waals surface area contributed by atoms with E-state index in [1.165, 1.54) is 51.4 Å². The molecule has 0 nitrogen and oxygen atoms in total. The summed E-state index contributed by atoms with van der Waals surface area (Å²) in [5.74, 6) is 0. The normalized spacial score (nSPS) is 14.0. The van der Waals surface area contributed by atoms with E-state index in [9.17, 15) is 0 Å². The molecule has 1 fully saturated rings. The van der Waals surface area contributed by atoms with Crippen molar-refractivity contribution in [3.63, 3.8) is 0 Å². The highest BCUT2D eigenvalue weighted by Crippen LogP contribution is 2.15. The van der Waals surface area contributed by atoms with Gasteiger partial charge in [0.25, 0.3) is 0 Å². The summed E-state index contributed by atoms with van der Waals surface area (Å²) >= 11 is 0. The highest BCUT2D eigenvalue weighted by Gasteiger charge is 1.95. The molecule has 1 saturated carbocycles. The fourth-order valence-electron chi connectivity index (χ4n) is 1.24. The molecule has 0 heteroatoms. The Labute approximate surface area is 79.8 Å². The quantitative estimate of drug-likeness (QED) is 0.539. The Bertz CT molecular complexity index is 34.4. The zero-order chi connectivity index (χ0) is 9.66. The van der Waals surface area contributed by atoms with Gasteiger partial charge in [0.05, 0.1) is 0 Å². The molecule has 0 aromatic heterocycles. The molecule has 0 aliphatic heterocycles. The Morgan fingerprint density at radius 1 is 0.667 bits per heavy atom. The molecule has 0 N–H and O–H groups in total. The summed E-state index contributed by atoms with van der Waals surface area (Å²) in [5.41, 5.74) is 0. The van der Waals surface area contributed by atoms with Gasteiger partial charge in [-0.05, 0) is 0 Å². The monoisotopic (exact) mass is 172 g/mol. The molecule has 1 rings (SSSR count). The maximum absolute atomic E-state index is 2.21. The van der Waals surface area contributed by atoms with Gasteiger partial charge in [-0.15, -0.1) is 0 Å². The van der Waals surface area contributed by atoms with Gasteiger partial charge < -0.3 is 0 Å². The van der Waals surface area contributed by atoms with Gasteiger partial charge in [-0.25, -0.2) is 0 Å². The fourth-order valence-corrected chi connectivity index (χ4v) is 1.24. The zero-order valence-electron chi connectivity index (χ0n) is 9.66. The van der Waals surface area contributed by atoms with Gasteiger partial charge in [0.1, 0.15) is 0 Å². The Morgan fingerprint density at radius 3 is 1.00 bits per heavy atom. The number of rotatable bonds is 2. The highest BCUT2D eigenvalue weighted by atomic mass is 14.0. The zero-order valence-corrected chi connectivity index (χ0v) is 9.66. The van der Waals surface area contributed by atoms with Crippen molar-refractivity contribution in [2.75, 3.05) is 0 Å². The van der Waals surface area contributed by atoms with Gasteiger partial charge >= 0.3 is 0 Å². The number of hydrogen-bond acceptors (Lipinski definition) is 0. The smallest absolute Gasteiger partial charge is 0.0533 e. The summed E-state index contributed by atoms with van der Waals surface area (Å²) in [6.45, 7) is 8.42. The van der Waals surface area contributed by atoms with Crippen LogP contribution in [0.4, 0.5) is 0 Å². The van der Waals surface area contributed by atoms with Gasteiger partial charge in [-0.3, -0.25) is 0 Å². The maximum atomic E-state index is 2.21. The van der Waals surface area contributed by atoms with Gasteiger partial charge in [0.2, 0.25) is 0 Å². The van der Waals surface area contributed by atoms with Crippen LogP contribution >= 0.6 is 0 Å². The summed E-state index contributed by atoms with van der Waals surface area (Å²) in [7, 11) is 0. The molecule has 0 amide bonds. The highest BCUT2D eigenvalue weighted by molar-refractivity contribution is 4.51. The SMILES string of the molecule is C1CCCC1.CC.CCCCC. The summed E-state index contributed by atoms with van der Waals surface area (Å²) in [6, 6.07) is 0. The molecule has 12 heavy (non-hydrogen) atoms. The Kier molecular flexibility index (Phi) is 20.8. The number of hydrogen-bond donors (Lipinski definition) is 0. The largest absolute Gasteiger partial charge is 0.0683 e. The average Bonchev–Trinajstić information content (AvgIpc) is 2.67. The molecule has 0 unspecified atom stereocenters. The van der Waals surface area contributed by atoms with Crippen molar-refractivity contribution in [3.8, 4) is 0 Å². The van der Waals surface area contributed by atoms with Crippen LogP contribution in [-0.2, 0) is 0 Å². The minimum absolute atomic E-state index is 1.34. The van der Waals surface area contributed by atoms with E-state index in [2.05, 4.69) is 13.8 Å². The lowest BCUT2D eigenvalue weighted by Gasteiger charge is -1.79. The van der Waals surface area contributed by atoms with Crippen molar-refractivity contribution in [3.05, 3.63) is 0 Å². The molecule has 0 heterocycles. The minimum Gasteiger partial charge on any atom is -0.0683 e. The summed E-state index contributed by atoms with van der Waals surface area (Å²) in [6.07, 6.45) is 11.6. The Balaban J connectivity index is 0. The van der Waals surface area contributed by atoms with Crippen LogP contribution < -0.4 is 0 Å². The second-order valence-corrected chi connectivity index (χ2v) is 3.12. The maximum Gasteiger partial charge on any atom is -0.0533 e. The first-order valence-corrected chi connectivity index (χ1v) is 5.91. The van der Waals surface area contributed by atoms with Crippen molar-refractivity contribution < 1.29 is 0 Å².